The quantitative estimate of drug-likeness (QED) is 0.709. The van der Waals surface area contributed by atoms with E-state index in [9.17, 15) is 4.79 Å². The van der Waals surface area contributed by atoms with Gasteiger partial charge in [-0.05, 0) is 6.42 Å². The first-order chi connectivity index (χ1) is 5.59. The Balaban J connectivity index is 0. The highest BCUT2D eigenvalue weighted by molar-refractivity contribution is 5.85. The summed E-state index contributed by atoms with van der Waals surface area (Å²) in [6.07, 6.45) is 1.80. The fourth-order valence-corrected chi connectivity index (χ4v) is 0.881. The number of nitrogens with two attached hydrogens (primary N) is 1. The summed E-state index contributed by atoms with van der Waals surface area (Å²) in [5.74, 6) is 0.267. The summed E-state index contributed by atoms with van der Waals surface area (Å²) in [6.45, 7) is 9.81. The van der Waals surface area contributed by atoms with Gasteiger partial charge in [-0.15, -0.1) is 0 Å². The van der Waals surface area contributed by atoms with E-state index in [4.69, 9.17) is 5.73 Å². The second-order valence-electron chi connectivity index (χ2n) is 2.95. The Kier molecular flexibility index (Phi) is 10.3. The van der Waals surface area contributed by atoms with Crippen molar-refractivity contribution in [2.45, 2.75) is 53.5 Å². The number of hydrogen-bond donors (Lipinski definition) is 1. The predicted molar refractivity (Wildman–Crippen MR) is 54.1 cm³/mol. The Morgan fingerprint density at radius 3 is 2.00 bits per heavy atom. The molecule has 0 saturated heterocycles. The molecule has 0 spiro atoms. The number of rotatable bonds is 4. The third kappa shape index (κ3) is 6.35. The molecule has 0 heterocycles. The Hall–Kier alpha value is -0.370. The van der Waals surface area contributed by atoms with Crippen LogP contribution in [0.4, 0.5) is 0 Å². The maximum absolute atomic E-state index is 11.1. The van der Waals surface area contributed by atoms with E-state index >= 15 is 0 Å². The van der Waals surface area contributed by atoms with Crippen molar-refractivity contribution in [3.05, 3.63) is 0 Å². The van der Waals surface area contributed by atoms with Crippen LogP contribution in [0.2, 0.25) is 0 Å². The van der Waals surface area contributed by atoms with Crippen LogP contribution in [0.1, 0.15) is 47.5 Å². The topological polar surface area (TPSA) is 43.1 Å². The van der Waals surface area contributed by atoms with E-state index in [1.165, 1.54) is 0 Å². The van der Waals surface area contributed by atoms with Gasteiger partial charge in [-0.25, -0.2) is 0 Å². The molecule has 0 rings (SSSR count). The zero-order chi connectivity index (χ0) is 10.1. The average Bonchev–Trinajstić information content (AvgIpc) is 2.07. The fourth-order valence-electron chi connectivity index (χ4n) is 0.881. The number of hydrogen-bond acceptors (Lipinski definition) is 2. The maximum atomic E-state index is 11.1. The van der Waals surface area contributed by atoms with Gasteiger partial charge in [0.2, 0.25) is 0 Å². The second kappa shape index (κ2) is 8.72. The Labute approximate surface area is 76.5 Å². The highest BCUT2D eigenvalue weighted by atomic mass is 16.1. The highest BCUT2D eigenvalue weighted by Gasteiger charge is 2.14. The van der Waals surface area contributed by atoms with Gasteiger partial charge >= 0.3 is 0 Å². The molecule has 12 heavy (non-hydrogen) atoms. The molecule has 0 aromatic rings. The molecule has 0 aromatic carbocycles. The van der Waals surface area contributed by atoms with Crippen molar-refractivity contribution in [1.29, 1.82) is 0 Å². The van der Waals surface area contributed by atoms with E-state index in [1.54, 1.807) is 0 Å². The lowest BCUT2D eigenvalue weighted by molar-refractivity contribution is -0.123. The molecule has 2 N–H and O–H groups in total. The van der Waals surface area contributed by atoms with Gasteiger partial charge in [-0.2, -0.15) is 0 Å². The monoisotopic (exact) mass is 173 g/mol. The number of carbonyl (C=O) groups excluding carboxylic acids is 1. The molecule has 0 bridgehead atoms. The van der Waals surface area contributed by atoms with Gasteiger partial charge < -0.3 is 5.73 Å². The fraction of sp³-hybridized carbons (Fsp3) is 0.900. The molecule has 0 radical (unpaired) electrons. The first-order valence-corrected chi connectivity index (χ1v) is 4.88. The van der Waals surface area contributed by atoms with Gasteiger partial charge in [-0.1, -0.05) is 41.0 Å². The van der Waals surface area contributed by atoms with E-state index in [1.807, 2.05) is 34.6 Å². The summed E-state index contributed by atoms with van der Waals surface area (Å²) in [5, 5.41) is 0. The molecular formula is C10H23NO. The van der Waals surface area contributed by atoms with Crippen LogP contribution in [0, 0.1) is 5.92 Å². The van der Waals surface area contributed by atoms with Gasteiger partial charge in [0.15, 0.2) is 5.78 Å². The SMILES string of the molecule is CC.CCCC(N)C(=O)C(C)C. The molecule has 2 heteroatoms. The van der Waals surface area contributed by atoms with Crippen molar-refractivity contribution in [3.8, 4) is 0 Å². The predicted octanol–water partition coefficient (Wildman–Crippen LogP) is 2.37. The molecule has 0 amide bonds. The van der Waals surface area contributed by atoms with Crippen LogP contribution < -0.4 is 5.73 Å². The standard InChI is InChI=1S/C8H17NO.C2H6/c1-4-5-7(9)8(10)6(2)3;1-2/h6-7H,4-5,9H2,1-3H3;1-2H3. The molecule has 0 aliphatic carbocycles. The molecule has 1 atom stereocenters. The lowest BCUT2D eigenvalue weighted by atomic mass is 9.99. The van der Waals surface area contributed by atoms with Crippen molar-refractivity contribution in [3.63, 3.8) is 0 Å². The van der Waals surface area contributed by atoms with E-state index in [2.05, 4.69) is 0 Å². The first-order valence-electron chi connectivity index (χ1n) is 4.88. The molecule has 74 valence electrons. The van der Waals surface area contributed by atoms with Crippen molar-refractivity contribution in [1.82, 2.24) is 0 Å². The van der Waals surface area contributed by atoms with Crippen LogP contribution in [0.3, 0.4) is 0 Å². The third-order valence-electron chi connectivity index (χ3n) is 1.53. The zero-order valence-electron chi connectivity index (χ0n) is 9.05. The molecular weight excluding hydrogens is 150 g/mol. The van der Waals surface area contributed by atoms with Crippen LogP contribution >= 0.6 is 0 Å². The number of ketones is 1. The lowest BCUT2D eigenvalue weighted by Gasteiger charge is -2.10. The summed E-state index contributed by atoms with van der Waals surface area (Å²) < 4.78 is 0. The summed E-state index contributed by atoms with van der Waals surface area (Å²) >= 11 is 0. The molecule has 0 aromatic heterocycles. The summed E-state index contributed by atoms with van der Waals surface area (Å²) in [5.41, 5.74) is 5.58. The summed E-state index contributed by atoms with van der Waals surface area (Å²) in [6, 6.07) is -0.231. The van der Waals surface area contributed by atoms with Gasteiger partial charge in [0.05, 0.1) is 6.04 Å². The molecule has 0 saturated carbocycles. The largest absolute Gasteiger partial charge is 0.321 e. The molecule has 0 fully saturated rings. The molecule has 0 aliphatic heterocycles. The van der Waals surface area contributed by atoms with Crippen LogP contribution in [0.15, 0.2) is 0 Å². The first kappa shape index (κ1) is 14.2. The van der Waals surface area contributed by atoms with Crippen molar-refractivity contribution in [2.75, 3.05) is 0 Å². The van der Waals surface area contributed by atoms with E-state index in [-0.39, 0.29) is 17.7 Å². The number of Topliss-reactive ketones (excluding diaryl/α,β-unsaturated/α-hetero) is 1. The molecule has 0 aliphatic rings. The second-order valence-corrected chi connectivity index (χ2v) is 2.95. The Morgan fingerprint density at radius 1 is 1.33 bits per heavy atom. The van der Waals surface area contributed by atoms with Crippen molar-refractivity contribution in [2.24, 2.45) is 11.7 Å². The van der Waals surface area contributed by atoms with E-state index < -0.39 is 0 Å². The minimum atomic E-state index is -0.231. The van der Waals surface area contributed by atoms with Gasteiger partial charge in [0.25, 0.3) is 0 Å². The van der Waals surface area contributed by atoms with Gasteiger partial charge in [-0.3, -0.25) is 4.79 Å². The number of carbonyl (C=O) groups is 1. The van der Waals surface area contributed by atoms with Crippen LogP contribution in [-0.4, -0.2) is 11.8 Å². The molecule has 2 nitrogen and oxygen atoms in total. The highest BCUT2D eigenvalue weighted by Crippen LogP contribution is 2.02. The van der Waals surface area contributed by atoms with E-state index in [0.29, 0.717) is 0 Å². The van der Waals surface area contributed by atoms with Crippen LogP contribution in [-0.2, 0) is 4.79 Å². The van der Waals surface area contributed by atoms with E-state index in [0.717, 1.165) is 12.8 Å². The average molecular weight is 173 g/mol. The van der Waals surface area contributed by atoms with Crippen molar-refractivity contribution < 1.29 is 4.79 Å². The minimum Gasteiger partial charge on any atom is -0.321 e. The summed E-state index contributed by atoms with van der Waals surface area (Å²) in [4.78, 5) is 11.1. The lowest BCUT2D eigenvalue weighted by Crippen LogP contribution is -2.33. The minimum absolute atomic E-state index is 0.0848. The normalized spacial score (nSPS) is 11.9. The summed E-state index contributed by atoms with van der Waals surface area (Å²) in [7, 11) is 0. The molecule has 1 unspecified atom stereocenters. The van der Waals surface area contributed by atoms with Crippen LogP contribution in [0.25, 0.3) is 0 Å². The maximum Gasteiger partial charge on any atom is 0.152 e. The van der Waals surface area contributed by atoms with Gasteiger partial charge in [0, 0.05) is 5.92 Å². The van der Waals surface area contributed by atoms with Crippen molar-refractivity contribution >= 4 is 5.78 Å². The third-order valence-corrected chi connectivity index (χ3v) is 1.53. The Morgan fingerprint density at radius 2 is 1.75 bits per heavy atom. The zero-order valence-corrected chi connectivity index (χ0v) is 9.05. The van der Waals surface area contributed by atoms with Gasteiger partial charge in [0.1, 0.15) is 0 Å². The van der Waals surface area contributed by atoms with Crippen LogP contribution in [0.5, 0.6) is 0 Å². The Bertz CT molecular complexity index is 110. The smallest absolute Gasteiger partial charge is 0.152 e.